The molecule has 7 heteroatoms. The van der Waals surface area contributed by atoms with Gasteiger partial charge in [-0.3, -0.25) is 9.78 Å². The van der Waals surface area contributed by atoms with E-state index in [1.165, 1.54) is 6.07 Å². The molecule has 0 aliphatic carbocycles. The quantitative estimate of drug-likeness (QED) is 0.632. The third-order valence-corrected chi connectivity index (χ3v) is 5.80. The molecule has 0 aromatic carbocycles. The Labute approximate surface area is 183 Å². The number of hydrogen-bond acceptors (Lipinski definition) is 5. The molecular weight excluding hydrogens is 397 g/mol. The zero-order valence-corrected chi connectivity index (χ0v) is 19.0. The van der Waals surface area contributed by atoms with E-state index in [2.05, 4.69) is 28.7 Å². The molecular formula is C24H32FN3O3. The fourth-order valence-corrected chi connectivity index (χ4v) is 3.87. The van der Waals surface area contributed by atoms with Crippen molar-refractivity contribution < 1.29 is 19.0 Å². The standard InChI is InChI=1S/C24H32FN3O3/c1-15(2)14-31-23-17(6-7-20(25)27-23)19-13-26-16(3)18(12-21(29)30)22(19)28-10-8-24(4,5)9-11-28/h6-7,13,15H,8-12,14H2,1-5H3,(H,29,30). The van der Waals surface area contributed by atoms with Crippen LogP contribution in [0.15, 0.2) is 18.3 Å². The molecule has 2 aromatic heterocycles. The predicted octanol–water partition coefficient (Wildman–Crippen LogP) is 4.88. The molecule has 0 saturated carbocycles. The van der Waals surface area contributed by atoms with E-state index in [9.17, 15) is 14.3 Å². The average molecular weight is 430 g/mol. The van der Waals surface area contributed by atoms with E-state index in [-0.39, 0.29) is 23.6 Å². The van der Waals surface area contributed by atoms with Crippen molar-refractivity contribution in [2.45, 2.75) is 53.9 Å². The van der Waals surface area contributed by atoms with Crippen LogP contribution in [0, 0.1) is 24.2 Å². The molecule has 31 heavy (non-hydrogen) atoms. The Hall–Kier alpha value is -2.70. The van der Waals surface area contributed by atoms with Gasteiger partial charge >= 0.3 is 5.97 Å². The van der Waals surface area contributed by atoms with Gasteiger partial charge in [-0.25, -0.2) is 0 Å². The Kier molecular flexibility index (Phi) is 6.82. The number of rotatable bonds is 7. The summed E-state index contributed by atoms with van der Waals surface area (Å²) in [5.74, 6) is -1.07. The maximum absolute atomic E-state index is 13.9. The summed E-state index contributed by atoms with van der Waals surface area (Å²) in [6.07, 6.45) is 3.60. The SMILES string of the molecule is Cc1ncc(-c2ccc(F)nc2OCC(C)C)c(N2CCC(C)(C)CC2)c1CC(=O)O. The van der Waals surface area contributed by atoms with Crippen LogP contribution < -0.4 is 9.64 Å². The normalized spacial score (nSPS) is 15.9. The van der Waals surface area contributed by atoms with Gasteiger partial charge < -0.3 is 14.7 Å². The van der Waals surface area contributed by atoms with Gasteiger partial charge in [0.1, 0.15) is 0 Å². The van der Waals surface area contributed by atoms with Crippen molar-refractivity contribution in [2.24, 2.45) is 11.3 Å². The third kappa shape index (κ3) is 5.51. The van der Waals surface area contributed by atoms with Gasteiger partial charge in [-0.15, -0.1) is 0 Å². The van der Waals surface area contributed by atoms with Crippen molar-refractivity contribution in [3.8, 4) is 17.0 Å². The molecule has 1 fully saturated rings. The van der Waals surface area contributed by atoms with Crippen LogP contribution in [0.3, 0.4) is 0 Å². The number of pyridine rings is 2. The average Bonchev–Trinajstić information content (AvgIpc) is 2.68. The Morgan fingerprint density at radius 3 is 2.55 bits per heavy atom. The molecule has 2 aromatic rings. The molecule has 0 unspecified atom stereocenters. The minimum atomic E-state index is -0.908. The van der Waals surface area contributed by atoms with Gasteiger partial charge in [0.15, 0.2) is 0 Å². The highest BCUT2D eigenvalue weighted by Crippen LogP contribution is 2.42. The summed E-state index contributed by atoms with van der Waals surface area (Å²) in [5.41, 5.74) is 3.81. The first kappa shape index (κ1) is 23.0. The van der Waals surface area contributed by atoms with Gasteiger partial charge in [-0.2, -0.15) is 9.37 Å². The summed E-state index contributed by atoms with van der Waals surface area (Å²) in [7, 11) is 0. The summed E-state index contributed by atoms with van der Waals surface area (Å²) in [5, 5.41) is 9.56. The lowest BCUT2D eigenvalue weighted by Crippen LogP contribution is -2.38. The molecule has 0 atom stereocenters. The minimum absolute atomic E-state index is 0.126. The summed E-state index contributed by atoms with van der Waals surface area (Å²) in [6.45, 7) is 12.4. The van der Waals surface area contributed by atoms with Crippen LogP contribution in [0.5, 0.6) is 5.88 Å². The van der Waals surface area contributed by atoms with Gasteiger partial charge in [0, 0.05) is 41.7 Å². The molecule has 6 nitrogen and oxygen atoms in total. The fourth-order valence-electron chi connectivity index (χ4n) is 3.87. The Morgan fingerprint density at radius 1 is 1.26 bits per heavy atom. The van der Waals surface area contributed by atoms with Crippen LogP contribution in [-0.2, 0) is 11.2 Å². The second-order valence-corrected chi connectivity index (χ2v) is 9.50. The Balaban J connectivity index is 2.16. The van der Waals surface area contributed by atoms with Crippen molar-refractivity contribution in [1.82, 2.24) is 9.97 Å². The second kappa shape index (κ2) is 9.20. The van der Waals surface area contributed by atoms with Gasteiger partial charge in [-0.1, -0.05) is 27.7 Å². The molecule has 0 amide bonds. The number of aromatic nitrogens is 2. The van der Waals surface area contributed by atoms with E-state index >= 15 is 0 Å². The first-order valence-corrected chi connectivity index (χ1v) is 10.8. The molecule has 0 spiro atoms. The summed E-state index contributed by atoms with van der Waals surface area (Å²) in [4.78, 5) is 22.4. The largest absolute Gasteiger partial charge is 0.481 e. The van der Waals surface area contributed by atoms with Crippen LogP contribution in [-0.4, -0.2) is 40.7 Å². The Morgan fingerprint density at radius 2 is 1.94 bits per heavy atom. The molecule has 3 heterocycles. The lowest BCUT2D eigenvalue weighted by molar-refractivity contribution is -0.136. The first-order chi connectivity index (χ1) is 14.6. The molecule has 3 rings (SSSR count). The molecule has 1 aliphatic heterocycles. The first-order valence-electron chi connectivity index (χ1n) is 10.8. The van der Waals surface area contributed by atoms with Crippen molar-refractivity contribution in [2.75, 3.05) is 24.6 Å². The maximum Gasteiger partial charge on any atom is 0.307 e. The summed E-state index contributed by atoms with van der Waals surface area (Å²) in [6, 6.07) is 2.95. The molecule has 1 saturated heterocycles. The number of aryl methyl sites for hydroxylation is 1. The highest BCUT2D eigenvalue weighted by molar-refractivity contribution is 5.86. The van der Waals surface area contributed by atoms with Crippen molar-refractivity contribution >= 4 is 11.7 Å². The van der Waals surface area contributed by atoms with E-state index in [0.717, 1.165) is 37.2 Å². The molecule has 1 N–H and O–H groups in total. The lowest BCUT2D eigenvalue weighted by Gasteiger charge is -2.40. The fraction of sp³-hybridized carbons (Fsp3) is 0.542. The van der Waals surface area contributed by atoms with Crippen molar-refractivity contribution in [3.05, 3.63) is 35.5 Å². The Bertz CT molecular complexity index is 949. The number of hydrogen-bond donors (Lipinski definition) is 1. The number of piperidine rings is 1. The number of carbonyl (C=O) groups is 1. The lowest BCUT2D eigenvalue weighted by atomic mass is 9.82. The van der Waals surface area contributed by atoms with Crippen LogP contribution in [0.1, 0.15) is 51.8 Å². The van der Waals surface area contributed by atoms with Crippen LogP contribution in [0.25, 0.3) is 11.1 Å². The van der Waals surface area contributed by atoms with Crippen LogP contribution in [0.2, 0.25) is 0 Å². The zero-order valence-electron chi connectivity index (χ0n) is 19.0. The van der Waals surface area contributed by atoms with E-state index in [1.807, 2.05) is 20.8 Å². The summed E-state index contributed by atoms with van der Waals surface area (Å²) < 4.78 is 19.8. The van der Waals surface area contributed by atoms with Gasteiger partial charge in [-0.05, 0) is 43.2 Å². The number of ether oxygens (including phenoxy) is 1. The number of anilines is 1. The highest BCUT2D eigenvalue weighted by Gasteiger charge is 2.30. The number of aliphatic carboxylic acids is 1. The van der Waals surface area contributed by atoms with Crippen molar-refractivity contribution in [1.29, 1.82) is 0 Å². The highest BCUT2D eigenvalue weighted by atomic mass is 19.1. The molecule has 0 bridgehead atoms. The van der Waals surface area contributed by atoms with Gasteiger partial charge in [0.05, 0.1) is 18.7 Å². The number of halogens is 1. The van der Waals surface area contributed by atoms with Crippen LogP contribution in [0.4, 0.5) is 10.1 Å². The van der Waals surface area contributed by atoms with E-state index in [1.54, 1.807) is 12.3 Å². The van der Waals surface area contributed by atoms with Crippen molar-refractivity contribution in [3.63, 3.8) is 0 Å². The smallest absolute Gasteiger partial charge is 0.307 e. The van der Waals surface area contributed by atoms with Crippen LogP contribution >= 0.6 is 0 Å². The molecule has 168 valence electrons. The predicted molar refractivity (Wildman–Crippen MR) is 119 cm³/mol. The van der Waals surface area contributed by atoms with Gasteiger partial charge in [0.25, 0.3) is 0 Å². The minimum Gasteiger partial charge on any atom is -0.481 e. The molecule has 1 aliphatic rings. The van der Waals surface area contributed by atoms with E-state index in [0.29, 0.717) is 23.4 Å². The summed E-state index contributed by atoms with van der Waals surface area (Å²) >= 11 is 0. The molecule has 0 radical (unpaired) electrons. The number of nitrogens with zero attached hydrogens (tertiary/aromatic N) is 3. The maximum atomic E-state index is 13.9. The number of carboxylic acids is 1. The van der Waals surface area contributed by atoms with Gasteiger partial charge in [0.2, 0.25) is 11.8 Å². The number of carboxylic acid groups (broad SMARTS) is 1. The van der Waals surface area contributed by atoms with E-state index in [4.69, 9.17) is 4.74 Å². The monoisotopic (exact) mass is 429 g/mol. The zero-order chi connectivity index (χ0) is 22.8. The third-order valence-electron chi connectivity index (χ3n) is 5.80. The van der Waals surface area contributed by atoms with E-state index < -0.39 is 11.9 Å². The second-order valence-electron chi connectivity index (χ2n) is 9.50. The topological polar surface area (TPSA) is 75.6 Å².